The van der Waals surface area contributed by atoms with Gasteiger partial charge in [0.2, 0.25) is 0 Å². The van der Waals surface area contributed by atoms with Crippen molar-refractivity contribution in [3.05, 3.63) is 51.5 Å². The number of hydrogen-bond donors (Lipinski definition) is 2. The molecule has 1 aromatic carbocycles. The van der Waals surface area contributed by atoms with Crippen LogP contribution in [-0.2, 0) is 0 Å². The second-order valence-corrected chi connectivity index (χ2v) is 8.02. The zero-order valence-corrected chi connectivity index (χ0v) is 16.2. The first-order chi connectivity index (χ1) is 13.0. The van der Waals surface area contributed by atoms with Crippen LogP contribution in [0.4, 0.5) is 0 Å². The van der Waals surface area contributed by atoms with Crippen molar-refractivity contribution >= 4 is 23.2 Å². The lowest BCUT2D eigenvalue weighted by Gasteiger charge is -2.19. The highest BCUT2D eigenvalue weighted by Crippen LogP contribution is 2.26. The molecule has 1 saturated carbocycles. The summed E-state index contributed by atoms with van der Waals surface area (Å²) in [7, 11) is 0. The highest BCUT2D eigenvalue weighted by molar-refractivity contribution is 7.09. The summed E-state index contributed by atoms with van der Waals surface area (Å²) in [5.74, 6) is -0.143. The van der Waals surface area contributed by atoms with Crippen LogP contribution in [0.5, 0.6) is 0 Å². The van der Waals surface area contributed by atoms with E-state index in [-0.39, 0.29) is 23.9 Å². The minimum absolute atomic E-state index is 0.163. The Morgan fingerprint density at radius 1 is 1.30 bits per heavy atom. The first kappa shape index (κ1) is 19.1. The quantitative estimate of drug-likeness (QED) is 0.767. The summed E-state index contributed by atoms with van der Waals surface area (Å²) in [4.78, 5) is 29.4. The van der Waals surface area contributed by atoms with Crippen LogP contribution in [0.25, 0.3) is 0 Å². The smallest absolute Gasteiger partial charge is 0.270 e. The third kappa shape index (κ3) is 4.92. The molecule has 7 heteroatoms. The van der Waals surface area contributed by atoms with E-state index in [2.05, 4.69) is 29.5 Å². The predicted molar refractivity (Wildman–Crippen MR) is 103 cm³/mol. The minimum atomic E-state index is -0.309. The molecule has 27 heavy (non-hydrogen) atoms. The fourth-order valence-corrected chi connectivity index (χ4v) is 3.61. The summed E-state index contributed by atoms with van der Waals surface area (Å²) in [6, 6.07) is 8.73. The third-order valence-corrected chi connectivity index (χ3v) is 5.23. The molecule has 0 aliphatic heterocycles. The normalized spacial score (nSPS) is 14.4. The van der Waals surface area contributed by atoms with Crippen LogP contribution >= 0.6 is 11.3 Å². The minimum Gasteiger partial charge on any atom is -0.348 e. The first-order valence-electron chi connectivity index (χ1n) is 9.04. The molecule has 0 radical (unpaired) electrons. The van der Waals surface area contributed by atoms with E-state index in [1.54, 1.807) is 29.6 Å². The maximum atomic E-state index is 12.7. The molecule has 6 nitrogen and oxygen atoms in total. The van der Waals surface area contributed by atoms with Crippen LogP contribution in [0.3, 0.4) is 0 Å². The Kier molecular flexibility index (Phi) is 5.87. The maximum absolute atomic E-state index is 12.7. The number of benzene rings is 1. The lowest BCUT2D eigenvalue weighted by Crippen LogP contribution is -2.30. The molecule has 0 unspecified atom stereocenters. The van der Waals surface area contributed by atoms with Crippen molar-refractivity contribution in [3.63, 3.8) is 0 Å². The summed E-state index contributed by atoms with van der Waals surface area (Å²) in [6.45, 7) is 4.13. The van der Waals surface area contributed by atoms with Gasteiger partial charge in [-0.25, -0.2) is 4.98 Å². The number of nitrogens with one attached hydrogen (secondary N) is 2. The molecule has 2 amide bonds. The Bertz CT molecular complexity index is 880. The Morgan fingerprint density at radius 2 is 2.04 bits per heavy atom. The van der Waals surface area contributed by atoms with Crippen LogP contribution in [0.1, 0.15) is 70.6 Å². The number of carbonyl (C=O) groups excluding carboxylic acids is 2. The SMILES string of the molecule is CC(C)C[C@@H](NC(=O)c1ccccc1C#N)c1nc(C(=O)NC2CC2)cs1. The largest absolute Gasteiger partial charge is 0.348 e. The van der Waals surface area contributed by atoms with Crippen molar-refractivity contribution < 1.29 is 9.59 Å². The van der Waals surface area contributed by atoms with Crippen LogP contribution in [0.15, 0.2) is 29.6 Å². The first-order valence-corrected chi connectivity index (χ1v) is 9.92. The molecule has 2 aromatic rings. The molecular weight excluding hydrogens is 360 g/mol. The Morgan fingerprint density at radius 3 is 2.70 bits per heavy atom. The summed E-state index contributed by atoms with van der Waals surface area (Å²) in [5.41, 5.74) is 1.07. The lowest BCUT2D eigenvalue weighted by molar-refractivity contribution is 0.0930. The van der Waals surface area contributed by atoms with E-state index >= 15 is 0 Å². The number of nitrogens with zero attached hydrogens (tertiary/aromatic N) is 2. The van der Waals surface area contributed by atoms with Crippen molar-refractivity contribution in [2.24, 2.45) is 5.92 Å². The van der Waals surface area contributed by atoms with Crippen molar-refractivity contribution in [3.8, 4) is 6.07 Å². The van der Waals surface area contributed by atoms with Gasteiger partial charge in [-0.2, -0.15) is 5.26 Å². The van der Waals surface area contributed by atoms with E-state index in [1.165, 1.54) is 11.3 Å². The summed E-state index contributed by atoms with van der Waals surface area (Å²) in [5, 5.41) is 17.6. The Balaban J connectivity index is 1.77. The van der Waals surface area contributed by atoms with Crippen molar-refractivity contribution in [1.29, 1.82) is 5.26 Å². The molecular formula is C20H22N4O2S. The standard InChI is InChI=1S/C20H22N4O2S/c1-12(2)9-16(23-18(25)15-6-4-3-5-13(15)10-21)20-24-17(11-27-20)19(26)22-14-7-8-14/h3-6,11-12,14,16H,7-9H2,1-2H3,(H,22,26)(H,23,25)/t16-/m1/s1. The fraction of sp³-hybridized carbons (Fsp3) is 0.400. The van der Waals surface area contributed by atoms with Gasteiger partial charge in [0.25, 0.3) is 11.8 Å². The van der Waals surface area contributed by atoms with Gasteiger partial charge in [-0.1, -0.05) is 26.0 Å². The van der Waals surface area contributed by atoms with Crippen LogP contribution in [0.2, 0.25) is 0 Å². The number of amides is 2. The molecule has 0 spiro atoms. The van der Waals surface area contributed by atoms with Gasteiger partial charge in [0.05, 0.1) is 23.2 Å². The third-order valence-electron chi connectivity index (χ3n) is 4.27. The molecule has 1 heterocycles. The van der Waals surface area contributed by atoms with Gasteiger partial charge in [0.15, 0.2) is 0 Å². The van der Waals surface area contributed by atoms with E-state index in [9.17, 15) is 14.9 Å². The van der Waals surface area contributed by atoms with E-state index in [0.29, 0.717) is 34.2 Å². The molecule has 2 N–H and O–H groups in total. The number of carbonyl (C=O) groups is 2. The van der Waals surface area contributed by atoms with E-state index in [1.807, 2.05) is 6.07 Å². The van der Waals surface area contributed by atoms with Gasteiger partial charge in [0, 0.05) is 11.4 Å². The molecule has 1 atom stereocenters. The average molecular weight is 382 g/mol. The zero-order valence-electron chi connectivity index (χ0n) is 15.4. The topological polar surface area (TPSA) is 94.9 Å². The van der Waals surface area contributed by atoms with Crippen molar-refractivity contribution in [2.75, 3.05) is 0 Å². The van der Waals surface area contributed by atoms with Crippen LogP contribution in [0, 0.1) is 17.2 Å². The molecule has 0 bridgehead atoms. The van der Waals surface area contributed by atoms with E-state index in [0.717, 1.165) is 12.8 Å². The predicted octanol–water partition coefficient (Wildman–Crippen LogP) is 3.42. The highest BCUT2D eigenvalue weighted by Gasteiger charge is 2.26. The van der Waals surface area contributed by atoms with Crippen LogP contribution < -0.4 is 10.6 Å². The summed E-state index contributed by atoms with van der Waals surface area (Å²) < 4.78 is 0. The average Bonchev–Trinajstić information content (AvgIpc) is 3.32. The zero-order chi connectivity index (χ0) is 19.4. The van der Waals surface area contributed by atoms with Gasteiger partial charge in [-0.15, -0.1) is 11.3 Å². The molecule has 1 aliphatic rings. The maximum Gasteiger partial charge on any atom is 0.270 e. The van der Waals surface area contributed by atoms with Gasteiger partial charge >= 0.3 is 0 Å². The molecule has 1 fully saturated rings. The number of nitriles is 1. The Labute approximate surface area is 162 Å². The number of aromatic nitrogens is 1. The number of rotatable bonds is 7. The lowest BCUT2D eigenvalue weighted by atomic mass is 10.0. The highest BCUT2D eigenvalue weighted by atomic mass is 32.1. The Hall–Kier alpha value is -2.72. The van der Waals surface area contributed by atoms with Crippen molar-refractivity contribution in [1.82, 2.24) is 15.6 Å². The molecule has 3 rings (SSSR count). The molecule has 0 saturated heterocycles. The molecule has 140 valence electrons. The summed E-state index contributed by atoms with van der Waals surface area (Å²) >= 11 is 1.37. The van der Waals surface area contributed by atoms with Crippen LogP contribution in [-0.4, -0.2) is 22.8 Å². The summed E-state index contributed by atoms with van der Waals surface area (Å²) in [6.07, 6.45) is 2.73. The van der Waals surface area contributed by atoms with Gasteiger partial charge < -0.3 is 10.6 Å². The van der Waals surface area contributed by atoms with Gasteiger partial charge in [0.1, 0.15) is 10.7 Å². The number of hydrogen-bond acceptors (Lipinski definition) is 5. The van der Waals surface area contributed by atoms with E-state index in [4.69, 9.17) is 0 Å². The molecule has 1 aromatic heterocycles. The molecule has 1 aliphatic carbocycles. The van der Waals surface area contributed by atoms with Gasteiger partial charge in [-0.3, -0.25) is 9.59 Å². The van der Waals surface area contributed by atoms with E-state index < -0.39 is 0 Å². The second kappa shape index (κ2) is 8.31. The van der Waals surface area contributed by atoms with Gasteiger partial charge in [-0.05, 0) is 37.3 Å². The monoisotopic (exact) mass is 382 g/mol. The number of thiazole rings is 1. The fourth-order valence-electron chi connectivity index (χ4n) is 2.75. The van der Waals surface area contributed by atoms with Crippen molar-refractivity contribution in [2.45, 2.75) is 45.2 Å². The second-order valence-electron chi connectivity index (χ2n) is 7.13.